The fourth-order valence-electron chi connectivity index (χ4n) is 2.65. The summed E-state index contributed by atoms with van der Waals surface area (Å²) < 4.78 is 10.9. The van der Waals surface area contributed by atoms with Crippen molar-refractivity contribution in [2.45, 2.75) is 19.1 Å². The summed E-state index contributed by atoms with van der Waals surface area (Å²) in [5, 5.41) is 9.02. The number of aliphatic carboxylic acids is 1. The number of pyridine rings is 1. The third-order valence-electron chi connectivity index (χ3n) is 3.70. The van der Waals surface area contributed by atoms with E-state index in [1.807, 2.05) is 35.2 Å². The second-order valence-electron chi connectivity index (χ2n) is 5.39. The molecule has 120 valence electrons. The highest BCUT2D eigenvalue weighted by atomic mass is 16.5. The molecule has 23 heavy (non-hydrogen) atoms. The van der Waals surface area contributed by atoms with Crippen LogP contribution in [0.1, 0.15) is 12.0 Å². The number of hydrogen-bond acceptors (Lipinski definition) is 5. The molecular weight excluding hydrogens is 296 g/mol. The molecule has 1 aromatic carbocycles. The zero-order valence-electron chi connectivity index (χ0n) is 12.8. The molecule has 2 heterocycles. The Bertz CT molecular complexity index is 687. The first-order chi connectivity index (χ1) is 11.2. The van der Waals surface area contributed by atoms with E-state index in [1.165, 1.54) is 0 Å². The molecule has 6 nitrogen and oxygen atoms in total. The van der Waals surface area contributed by atoms with E-state index in [4.69, 9.17) is 14.6 Å². The predicted octanol–water partition coefficient (Wildman–Crippen LogP) is 2.33. The van der Waals surface area contributed by atoms with Crippen LogP contribution in [0.15, 0.2) is 42.6 Å². The van der Waals surface area contributed by atoms with Crippen molar-refractivity contribution in [2.75, 3.05) is 18.6 Å². The normalized spacial score (nSPS) is 16.4. The van der Waals surface area contributed by atoms with Gasteiger partial charge in [0.25, 0.3) is 0 Å². The first-order valence-electron chi connectivity index (χ1n) is 7.37. The van der Waals surface area contributed by atoms with Crippen LogP contribution in [0.2, 0.25) is 0 Å². The maximum absolute atomic E-state index is 11.0. The van der Waals surface area contributed by atoms with Gasteiger partial charge in [-0.05, 0) is 29.8 Å². The lowest BCUT2D eigenvalue weighted by Crippen LogP contribution is -2.41. The Kier molecular flexibility index (Phi) is 4.32. The molecule has 1 atom stereocenters. The highest BCUT2D eigenvalue weighted by Gasteiger charge is 2.28. The van der Waals surface area contributed by atoms with Gasteiger partial charge >= 0.3 is 5.97 Å². The molecule has 1 N–H and O–H groups in total. The number of carbonyl (C=O) groups is 1. The van der Waals surface area contributed by atoms with Gasteiger partial charge in [0.05, 0.1) is 20.1 Å². The molecule has 0 amide bonds. The minimum Gasteiger partial charge on any atom is -0.497 e. The van der Waals surface area contributed by atoms with Gasteiger partial charge in [-0.2, -0.15) is 0 Å². The summed E-state index contributed by atoms with van der Waals surface area (Å²) in [5.41, 5.74) is 1.10. The van der Waals surface area contributed by atoms with Gasteiger partial charge in [-0.25, -0.2) is 4.98 Å². The molecule has 0 saturated carbocycles. The summed E-state index contributed by atoms with van der Waals surface area (Å²) in [6, 6.07) is 11.4. The minimum absolute atomic E-state index is 0.0343. The number of carboxylic acid groups (broad SMARTS) is 1. The number of hydrogen-bond donors (Lipinski definition) is 1. The largest absolute Gasteiger partial charge is 0.497 e. The Balaban J connectivity index is 1.82. The minimum atomic E-state index is -0.869. The SMILES string of the molecule is COc1ccc(CN2CC(CC(=O)O)Oc3cccnc32)cc1. The Labute approximate surface area is 134 Å². The number of anilines is 1. The van der Waals surface area contributed by atoms with Crippen LogP contribution in [0.25, 0.3) is 0 Å². The lowest BCUT2D eigenvalue weighted by molar-refractivity contribution is -0.138. The molecule has 6 heteroatoms. The molecule has 0 fully saturated rings. The fourth-order valence-corrected chi connectivity index (χ4v) is 2.65. The number of ether oxygens (including phenoxy) is 2. The van der Waals surface area contributed by atoms with E-state index in [9.17, 15) is 4.79 Å². The van der Waals surface area contributed by atoms with Crippen molar-refractivity contribution in [3.05, 3.63) is 48.2 Å². The van der Waals surface area contributed by atoms with E-state index in [-0.39, 0.29) is 12.5 Å². The quantitative estimate of drug-likeness (QED) is 0.913. The highest BCUT2D eigenvalue weighted by Crippen LogP contribution is 2.32. The van der Waals surface area contributed by atoms with Crippen molar-refractivity contribution >= 4 is 11.8 Å². The molecule has 0 saturated heterocycles. The first-order valence-corrected chi connectivity index (χ1v) is 7.37. The van der Waals surface area contributed by atoms with Crippen LogP contribution in [-0.4, -0.2) is 35.8 Å². The van der Waals surface area contributed by atoms with Gasteiger partial charge in [-0.15, -0.1) is 0 Å². The Morgan fingerprint density at radius 2 is 2.17 bits per heavy atom. The molecule has 2 aromatic rings. The number of benzene rings is 1. The second kappa shape index (κ2) is 6.56. The topological polar surface area (TPSA) is 71.9 Å². The third kappa shape index (κ3) is 3.53. The fraction of sp³-hybridized carbons (Fsp3) is 0.294. The van der Waals surface area contributed by atoms with E-state index in [1.54, 1.807) is 19.4 Å². The van der Waals surface area contributed by atoms with Gasteiger partial charge < -0.3 is 19.5 Å². The Morgan fingerprint density at radius 1 is 1.39 bits per heavy atom. The van der Waals surface area contributed by atoms with Crippen LogP contribution in [0.3, 0.4) is 0 Å². The lowest BCUT2D eigenvalue weighted by Gasteiger charge is -2.34. The van der Waals surface area contributed by atoms with Crippen LogP contribution >= 0.6 is 0 Å². The average Bonchev–Trinajstić information content (AvgIpc) is 2.55. The van der Waals surface area contributed by atoms with E-state index in [0.717, 1.165) is 17.1 Å². The van der Waals surface area contributed by atoms with E-state index < -0.39 is 5.97 Å². The van der Waals surface area contributed by atoms with Crippen LogP contribution in [0, 0.1) is 0 Å². The molecule has 3 rings (SSSR count). The van der Waals surface area contributed by atoms with Crippen molar-refractivity contribution in [1.29, 1.82) is 0 Å². The van der Waals surface area contributed by atoms with Crippen LogP contribution in [0.4, 0.5) is 5.82 Å². The van der Waals surface area contributed by atoms with Gasteiger partial charge in [-0.1, -0.05) is 12.1 Å². The zero-order valence-corrected chi connectivity index (χ0v) is 12.8. The number of aromatic nitrogens is 1. The van der Waals surface area contributed by atoms with Crippen LogP contribution in [0.5, 0.6) is 11.5 Å². The van der Waals surface area contributed by atoms with Gasteiger partial charge in [0, 0.05) is 12.7 Å². The summed E-state index contributed by atoms with van der Waals surface area (Å²) in [6.07, 6.45) is 1.29. The summed E-state index contributed by atoms with van der Waals surface area (Å²) in [7, 11) is 1.63. The standard InChI is InChI=1S/C17H18N2O4/c1-22-13-6-4-12(5-7-13)10-19-11-14(9-16(20)21)23-15-3-2-8-18-17(15)19/h2-8,14H,9-11H2,1H3,(H,20,21). The van der Waals surface area contributed by atoms with Crippen molar-refractivity contribution in [1.82, 2.24) is 4.98 Å². The molecule has 0 aliphatic carbocycles. The van der Waals surface area contributed by atoms with E-state index >= 15 is 0 Å². The molecule has 0 radical (unpaired) electrons. The smallest absolute Gasteiger partial charge is 0.307 e. The van der Waals surface area contributed by atoms with E-state index in [0.29, 0.717) is 18.8 Å². The highest BCUT2D eigenvalue weighted by molar-refractivity contribution is 5.68. The number of carboxylic acids is 1. The van der Waals surface area contributed by atoms with Crippen molar-refractivity contribution in [2.24, 2.45) is 0 Å². The average molecular weight is 314 g/mol. The lowest BCUT2D eigenvalue weighted by atomic mass is 10.1. The van der Waals surface area contributed by atoms with Crippen LogP contribution in [-0.2, 0) is 11.3 Å². The predicted molar refractivity (Wildman–Crippen MR) is 84.9 cm³/mol. The van der Waals surface area contributed by atoms with Gasteiger partial charge in [0.2, 0.25) is 0 Å². The monoisotopic (exact) mass is 314 g/mol. The van der Waals surface area contributed by atoms with Gasteiger partial charge in [-0.3, -0.25) is 4.79 Å². The number of fused-ring (bicyclic) bond motifs is 1. The number of rotatable bonds is 5. The summed E-state index contributed by atoms with van der Waals surface area (Å²) in [6.45, 7) is 1.12. The van der Waals surface area contributed by atoms with Crippen molar-refractivity contribution in [3.8, 4) is 11.5 Å². The summed E-state index contributed by atoms with van der Waals surface area (Å²) in [4.78, 5) is 17.4. The molecule has 1 unspecified atom stereocenters. The second-order valence-corrected chi connectivity index (χ2v) is 5.39. The maximum Gasteiger partial charge on any atom is 0.307 e. The molecule has 1 aliphatic rings. The first kappa shape index (κ1) is 15.1. The summed E-state index contributed by atoms with van der Waals surface area (Å²) >= 11 is 0. The van der Waals surface area contributed by atoms with Crippen molar-refractivity contribution < 1.29 is 19.4 Å². The van der Waals surface area contributed by atoms with Gasteiger partial charge in [0.15, 0.2) is 11.6 Å². The van der Waals surface area contributed by atoms with E-state index in [2.05, 4.69) is 4.98 Å². The Morgan fingerprint density at radius 3 is 2.87 bits per heavy atom. The maximum atomic E-state index is 11.0. The molecule has 0 spiro atoms. The third-order valence-corrected chi connectivity index (χ3v) is 3.70. The molecular formula is C17H18N2O4. The molecule has 1 aromatic heterocycles. The number of methoxy groups -OCH3 is 1. The molecule has 0 bridgehead atoms. The Hall–Kier alpha value is -2.76. The zero-order chi connectivity index (χ0) is 16.2. The van der Waals surface area contributed by atoms with Crippen molar-refractivity contribution in [3.63, 3.8) is 0 Å². The number of nitrogens with zero attached hydrogens (tertiary/aromatic N) is 2. The summed E-state index contributed by atoms with van der Waals surface area (Å²) in [5.74, 6) is 1.30. The van der Waals surface area contributed by atoms with Gasteiger partial charge in [0.1, 0.15) is 11.9 Å². The molecule has 1 aliphatic heterocycles. The van der Waals surface area contributed by atoms with Crippen LogP contribution < -0.4 is 14.4 Å².